The van der Waals surface area contributed by atoms with E-state index in [2.05, 4.69) is 20.6 Å². The van der Waals surface area contributed by atoms with Crippen LogP contribution in [0.25, 0.3) is 0 Å². The van der Waals surface area contributed by atoms with E-state index in [1.807, 2.05) is 18.3 Å². The molecule has 0 aromatic carbocycles. The van der Waals surface area contributed by atoms with E-state index >= 15 is 0 Å². The lowest BCUT2D eigenvalue weighted by atomic mass is 10.4. The number of rotatable bonds is 6. The Bertz CT molecular complexity index is 440. The van der Waals surface area contributed by atoms with E-state index < -0.39 is 0 Å². The number of nitrogens with one attached hydrogen (secondary N) is 2. The number of aliphatic imine (C=N–C) groups is 1. The highest BCUT2D eigenvalue weighted by molar-refractivity contribution is 7.98. The van der Waals surface area contributed by atoms with Gasteiger partial charge in [-0.25, -0.2) is 0 Å². The normalized spacial score (nSPS) is 10.7. The first kappa shape index (κ1) is 15.1. The molecule has 7 heteroatoms. The maximum atomic E-state index is 8.46. The van der Waals surface area contributed by atoms with E-state index in [1.165, 1.54) is 0 Å². The highest BCUT2D eigenvalue weighted by Gasteiger charge is 1.97. The van der Waals surface area contributed by atoms with Crippen LogP contribution < -0.4 is 15.4 Å². The molecule has 0 fully saturated rings. The van der Waals surface area contributed by atoms with Crippen LogP contribution in [-0.4, -0.2) is 37.4 Å². The van der Waals surface area contributed by atoms with Gasteiger partial charge in [0.15, 0.2) is 6.19 Å². The summed E-state index contributed by atoms with van der Waals surface area (Å²) in [4.78, 5) is 8.48. The molecule has 6 nitrogen and oxygen atoms in total. The number of hydrogen-bond donors (Lipinski definition) is 2. The summed E-state index contributed by atoms with van der Waals surface area (Å²) in [5.74, 6) is 2.96. The molecule has 102 valence electrons. The Morgan fingerprint density at radius 2 is 2.42 bits per heavy atom. The standard InChI is InChI=1S/C12H17N5OS/c1-14-12(17-9-13)15-5-6-19-8-10-3-4-11(18-2)7-16-10/h3-4,7H,5-6,8H2,1-2H3,(H2,14,15,17). The first-order chi connectivity index (χ1) is 9.30. The molecule has 1 heterocycles. The van der Waals surface area contributed by atoms with Gasteiger partial charge in [-0.2, -0.15) is 17.0 Å². The second-order valence-corrected chi connectivity index (χ2v) is 4.56. The molecular weight excluding hydrogens is 262 g/mol. The van der Waals surface area contributed by atoms with Crippen molar-refractivity contribution in [3.63, 3.8) is 0 Å². The average Bonchev–Trinajstić information content (AvgIpc) is 2.46. The van der Waals surface area contributed by atoms with Gasteiger partial charge in [0.25, 0.3) is 0 Å². The number of thioether (sulfide) groups is 1. The minimum absolute atomic E-state index is 0.491. The first-order valence-corrected chi connectivity index (χ1v) is 6.89. The summed E-state index contributed by atoms with van der Waals surface area (Å²) >= 11 is 1.74. The number of nitrogens with zero attached hydrogens (tertiary/aromatic N) is 3. The summed E-state index contributed by atoms with van der Waals surface area (Å²) in [7, 11) is 3.34. The maximum Gasteiger partial charge on any atom is 0.204 e. The van der Waals surface area contributed by atoms with Crippen molar-refractivity contribution in [2.45, 2.75) is 5.75 Å². The molecule has 0 spiro atoms. The molecule has 0 aliphatic carbocycles. The van der Waals surface area contributed by atoms with Crippen molar-refractivity contribution in [1.29, 1.82) is 5.26 Å². The Hall–Kier alpha value is -1.94. The molecule has 0 aliphatic heterocycles. The lowest BCUT2D eigenvalue weighted by molar-refractivity contribution is 0.412. The van der Waals surface area contributed by atoms with Crippen molar-refractivity contribution >= 4 is 17.7 Å². The van der Waals surface area contributed by atoms with Crippen molar-refractivity contribution < 1.29 is 4.74 Å². The molecule has 0 aliphatic rings. The molecule has 1 rings (SSSR count). The highest BCUT2D eigenvalue weighted by Crippen LogP contribution is 2.13. The monoisotopic (exact) mass is 279 g/mol. The quantitative estimate of drug-likeness (QED) is 0.265. The van der Waals surface area contributed by atoms with Crippen LogP contribution in [0.4, 0.5) is 0 Å². The Morgan fingerprint density at radius 3 is 3.00 bits per heavy atom. The Balaban J connectivity index is 2.25. The van der Waals surface area contributed by atoms with Crippen LogP contribution in [0, 0.1) is 11.5 Å². The number of hydrogen-bond acceptors (Lipinski definition) is 5. The van der Waals surface area contributed by atoms with Gasteiger partial charge in [-0.1, -0.05) is 0 Å². The van der Waals surface area contributed by atoms with Gasteiger partial charge < -0.3 is 10.1 Å². The predicted molar refractivity (Wildman–Crippen MR) is 77.1 cm³/mol. The summed E-state index contributed by atoms with van der Waals surface area (Å²) in [5.41, 5.74) is 1.01. The third kappa shape index (κ3) is 5.97. The Labute approximate surface area is 117 Å². The molecule has 0 bridgehead atoms. The third-order valence-electron chi connectivity index (χ3n) is 2.20. The fourth-order valence-corrected chi connectivity index (χ4v) is 1.99. The lowest BCUT2D eigenvalue weighted by Crippen LogP contribution is -2.31. The number of ether oxygens (including phenoxy) is 1. The molecule has 1 aromatic rings. The number of pyridine rings is 1. The van der Waals surface area contributed by atoms with E-state index in [4.69, 9.17) is 10.00 Å². The minimum Gasteiger partial charge on any atom is -0.495 e. The van der Waals surface area contributed by atoms with Crippen LogP contribution in [0.3, 0.4) is 0 Å². The van der Waals surface area contributed by atoms with Crippen molar-refractivity contribution in [2.24, 2.45) is 4.99 Å². The van der Waals surface area contributed by atoms with Gasteiger partial charge in [0, 0.05) is 18.6 Å². The second kappa shape index (κ2) is 9.05. The summed E-state index contributed by atoms with van der Waals surface area (Å²) < 4.78 is 5.05. The van der Waals surface area contributed by atoms with Gasteiger partial charge in [0.2, 0.25) is 5.96 Å². The van der Waals surface area contributed by atoms with E-state index in [-0.39, 0.29) is 0 Å². The number of nitriles is 1. The van der Waals surface area contributed by atoms with E-state index in [0.29, 0.717) is 12.5 Å². The summed E-state index contributed by atoms with van der Waals surface area (Å²) in [6.07, 6.45) is 3.54. The van der Waals surface area contributed by atoms with Crippen molar-refractivity contribution in [3.8, 4) is 11.9 Å². The van der Waals surface area contributed by atoms with E-state index in [0.717, 1.165) is 22.9 Å². The Kier molecular flexibility index (Phi) is 7.20. The zero-order chi connectivity index (χ0) is 13.9. The van der Waals surface area contributed by atoms with E-state index in [1.54, 1.807) is 32.1 Å². The predicted octanol–water partition coefficient (Wildman–Crippen LogP) is 0.969. The van der Waals surface area contributed by atoms with Crippen molar-refractivity contribution in [3.05, 3.63) is 24.0 Å². The largest absolute Gasteiger partial charge is 0.495 e. The first-order valence-electron chi connectivity index (χ1n) is 5.74. The summed E-state index contributed by atoms with van der Waals surface area (Å²) in [6, 6.07) is 3.85. The molecule has 0 unspecified atom stereocenters. The van der Waals surface area contributed by atoms with Crippen molar-refractivity contribution in [1.82, 2.24) is 15.6 Å². The average molecular weight is 279 g/mol. The van der Waals surface area contributed by atoms with Gasteiger partial charge in [-0.3, -0.25) is 15.3 Å². The molecular formula is C12H17N5OS. The molecule has 0 radical (unpaired) electrons. The van der Waals surface area contributed by atoms with Gasteiger partial charge >= 0.3 is 0 Å². The maximum absolute atomic E-state index is 8.46. The fraction of sp³-hybridized carbons (Fsp3) is 0.417. The molecule has 0 atom stereocenters. The van der Waals surface area contributed by atoms with Gasteiger partial charge in [0.05, 0.1) is 25.5 Å². The van der Waals surface area contributed by atoms with Crippen LogP contribution >= 0.6 is 11.8 Å². The fourth-order valence-electron chi connectivity index (χ4n) is 1.25. The molecule has 19 heavy (non-hydrogen) atoms. The highest BCUT2D eigenvalue weighted by atomic mass is 32.2. The van der Waals surface area contributed by atoms with Gasteiger partial charge in [0.1, 0.15) is 5.75 Å². The SMILES string of the molecule is CN/C(=N/CCSCc1ccc(OC)cn1)NC#N. The van der Waals surface area contributed by atoms with Crippen molar-refractivity contribution in [2.75, 3.05) is 26.5 Å². The van der Waals surface area contributed by atoms with E-state index in [9.17, 15) is 0 Å². The number of aromatic nitrogens is 1. The van der Waals surface area contributed by atoms with Crippen LogP contribution in [0.2, 0.25) is 0 Å². The second-order valence-electron chi connectivity index (χ2n) is 3.46. The lowest BCUT2D eigenvalue weighted by Gasteiger charge is -2.03. The molecule has 0 saturated heterocycles. The smallest absolute Gasteiger partial charge is 0.204 e. The zero-order valence-corrected chi connectivity index (χ0v) is 11.8. The molecule has 0 saturated carbocycles. The molecule has 0 amide bonds. The molecule has 2 N–H and O–H groups in total. The van der Waals surface area contributed by atoms with Crippen LogP contribution in [0.5, 0.6) is 5.75 Å². The number of guanidine groups is 1. The summed E-state index contributed by atoms with van der Waals surface area (Å²) in [6.45, 7) is 0.645. The third-order valence-corrected chi connectivity index (χ3v) is 3.17. The Morgan fingerprint density at radius 1 is 1.58 bits per heavy atom. The van der Waals surface area contributed by atoms with Gasteiger partial charge in [-0.05, 0) is 12.1 Å². The van der Waals surface area contributed by atoms with Crippen LogP contribution in [-0.2, 0) is 5.75 Å². The van der Waals surface area contributed by atoms with Crippen LogP contribution in [0.15, 0.2) is 23.3 Å². The van der Waals surface area contributed by atoms with Crippen LogP contribution in [0.1, 0.15) is 5.69 Å². The number of methoxy groups -OCH3 is 1. The minimum atomic E-state index is 0.491. The molecule has 1 aromatic heterocycles. The van der Waals surface area contributed by atoms with Gasteiger partial charge in [-0.15, -0.1) is 0 Å². The zero-order valence-electron chi connectivity index (χ0n) is 11.0. The topological polar surface area (TPSA) is 82.3 Å². The summed E-state index contributed by atoms with van der Waals surface area (Å²) in [5, 5.41) is 13.7.